The summed E-state index contributed by atoms with van der Waals surface area (Å²) in [4.78, 5) is 25.6. The first-order valence-corrected chi connectivity index (χ1v) is 38.0. The molecule has 3 saturated heterocycles. The fourth-order valence-corrected chi connectivity index (χ4v) is 15.2. The second-order valence-corrected chi connectivity index (χ2v) is 28.2. The Kier molecular flexibility index (Phi) is 42.1. The second kappa shape index (κ2) is 46.5. The number of ether oxygens (including phenoxy) is 3. The Labute approximate surface area is 545 Å². The minimum absolute atomic E-state index is 0.141. The number of hydrogen-bond acceptors (Lipinski definition) is 10. The molecule has 3 unspecified atom stereocenters. The lowest BCUT2D eigenvalue weighted by Gasteiger charge is -2.52. The smallest absolute Gasteiger partial charge is 0.121 e. The highest BCUT2D eigenvalue weighted by molar-refractivity contribution is 7.40. The molecule has 3 atom stereocenters. The molecule has 0 saturated carbocycles. The van der Waals surface area contributed by atoms with Crippen LogP contribution in [0.3, 0.4) is 0 Å². The largest absolute Gasteiger partial charge is 0.822 e. The van der Waals surface area contributed by atoms with Gasteiger partial charge in [0.1, 0.15) is 55.9 Å². The van der Waals surface area contributed by atoms with Crippen molar-refractivity contribution in [2.75, 3.05) is 78.9 Å². The van der Waals surface area contributed by atoms with Gasteiger partial charge in [0, 0.05) is 57.8 Å². The van der Waals surface area contributed by atoms with Gasteiger partial charge in [0.25, 0.3) is 0 Å². The van der Waals surface area contributed by atoms with Crippen molar-refractivity contribution in [1.29, 1.82) is 0 Å². The summed E-state index contributed by atoms with van der Waals surface area (Å²) in [6, 6.07) is 33.1. The highest BCUT2D eigenvalue weighted by Gasteiger charge is 2.51. The van der Waals surface area contributed by atoms with Crippen molar-refractivity contribution in [3.05, 3.63) is 108 Å². The lowest BCUT2D eigenvalue weighted by molar-refractivity contribution is -0.994. The number of phosphoric acid groups is 1. The first kappa shape index (κ1) is 80.6. The maximum absolute atomic E-state index is 8.55. The summed E-state index contributed by atoms with van der Waals surface area (Å²) in [5.74, 6) is 21.4. The minimum atomic E-state index is -5.39. The molecule has 3 heterocycles. The summed E-state index contributed by atoms with van der Waals surface area (Å²) in [6.07, 6.45) is 47.1. The summed E-state index contributed by atoms with van der Waals surface area (Å²) in [6.45, 7) is 24.3. The first-order valence-electron chi connectivity index (χ1n) is 36.5. The van der Waals surface area contributed by atoms with E-state index in [4.69, 9.17) is 51.0 Å². The van der Waals surface area contributed by atoms with Crippen molar-refractivity contribution in [3.8, 4) is 0 Å². The number of benzene rings is 3. The number of nitrogens with two attached hydrogens (primary N) is 3. The van der Waals surface area contributed by atoms with E-state index >= 15 is 0 Å². The van der Waals surface area contributed by atoms with Crippen LogP contribution in [0.2, 0.25) is 0 Å². The number of nitrogens with zero attached hydrogens (tertiary/aromatic N) is 3. The third-order valence-electron chi connectivity index (χ3n) is 20.4. The topological polar surface area (TPSA) is 192 Å². The SMILES string of the molecule is CCCCCCCCCCC(CCC)(Cc1ccccc1)[N+]1(N)CCOCC1.CCCCCCCCCCC(CCC)(Cc1ccccc1)[N+]1(N)CCOCC1.CCCCCCCCCCC(CCC)(Cc1ccccc1)[N+]1(N)CCOCC1.O=P([O-])([O-])[O-]. The van der Waals surface area contributed by atoms with Crippen LogP contribution in [-0.4, -0.2) is 109 Å². The first-order chi connectivity index (χ1) is 43.0. The van der Waals surface area contributed by atoms with Crippen molar-refractivity contribution >= 4 is 7.82 Å². The lowest BCUT2D eigenvalue weighted by Crippen LogP contribution is -2.73. The molecule has 14 heteroatoms. The molecule has 0 radical (unpaired) electrons. The molecular formula is C75H135N6O7P. The van der Waals surface area contributed by atoms with E-state index in [1.54, 1.807) is 0 Å². The van der Waals surface area contributed by atoms with Gasteiger partial charge in [0.05, 0.1) is 39.6 Å². The molecule has 89 heavy (non-hydrogen) atoms. The maximum atomic E-state index is 8.55. The van der Waals surface area contributed by atoms with Gasteiger partial charge in [-0.2, -0.15) is 25.4 Å². The number of quaternary nitrogens is 3. The molecule has 3 aliphatic heterocycles. The number of hydrogen-bond donors (Lipinski definition) is 3. The van der Waals surface area contributed by atoms with Gasteiger partial charge in [-0.15, -0.1) is 0 Å². The van der Waals surface area contributed by atoms with Gasteiger partial charge in [0.2, 0.25) is 0 Å². The third-order valence-corrected chi connectivity index (χ3v) is 20.4. The van der Waals surface area contributed by atoms with Crippen LogP contribution in [0.4, 0.5) is 0 Å². The zero-order valence-corrected chi connectivity index (χ0v) is 58.9. The van der Waals surface area contributed by atoms with E-state index in [-0.39, 0.29) is 16.6 Å². The van der Waals surface area contributed by atoms with Crippen LogP contribution in [-0.2, 0) is 38.0 Å². The monoisotopic (exact) mass is 1260 g/mol. The molecule has 13 nitrogen and oxygen atoms in total. The van der Waals surface area contributed by atoms with Crippen LogP contribution >= 0.6 is 7.82 Å². The zero-order valence-electron chi connectivity index (χ0n) is 58.0. The van der Waals surface area contributed by atoms with Crippen LogP contribution in [0, 0.1) is 0 Å². The molecule has 0 bridgehead atoms. The Hall–Kier alpha value is -2.59. The zero-order chi connectivity index (χ0) is 64.9. The molecule has 0 aliphatic carbocycles. The lowest BCUT2D eigenvalue weighted by atomic mass is 9.79. The summed E-state index contributed by atoms with van der Waals surface area (Å²) in [5.41, 5.74) is 4.73. The van der Waals surface area contributed by atoms with Crippen LogP contribution in [0.5, 0.6) is 0 Å². The van der Waals surface area contributed by atoms with E-state index in [9.17, 15) is 0 Å². The summed E-state index contributed by atoms with van der Waals surface area (Å²) in [7, 11) is -5.39. The van der Waals surface area contributed by atoms with Gasteiger partial charge in [-0.1, -0.05) is 287 Å². The molecular weight excluding hydrogens is 1130 g/mol. The Bertz CT molecular complexity index is 1940. The molecule has 3 aliphatic rings. The number of rotatable bonds is 42. The van der Waals surface area contributed by atoms with E-state index in [1.807, 2.05) is 0 Å². The average molecular weight is 1260 g/mol. The maximum Gasteiger partial charge on any atom is 0.121 e. The van der Waals surface area contributed by atoms with Crippen molar-refractivity contribution in [1.82, 2.24) is 0 Å². The summed E-state index contributed by atoms with van der Waals surface area (Å²) in [5, 5.41) is 0. The summed E-state index contributed by atoms with van der Waals surface area (Å²) < 4.78 is 27.7. The fourth-order valence-electron chi connectivity index (χ4n) is 15.2. The van der Waals surface area contributed by atoms with Crippen LogP contribution in [0.25, 0.3) is 0 Å². The molecule has 6 N–H and O–H groups in total. The van der Waals surface area contributed by atoms with Crippen LogP contribution in [0.15, 0.2) is 91.0 Å². The van der Waals surface area contributed by atoms with E-state index in [1.165, 1.54) is 229 Å². The molecule has 6 rings (SSSR count). The standard InChI is InChI=1S/3C25H45N2O.H3O4P/c3*1-3-5-6-7-8-9-10-14-18-25(17-4-2,23-24-15-12-11-13-16-24)27(26)19-21-28-22-20-27;1-5(2,3)4/h3*11-13,15-16H,3-10,14,17-23,26H2,1-2H3;(H3,1,2,3,4)/q3*+1;/p-3. The van der Waals surface area contributed by atoms with Crippen molar-refractivity contribution in [2.24, 2.45) is 17.5 Å². The minimum Gasteiger partial charge on any atom is -0.822 e. The number of unbranched alkanes of at least 4 members (excludes halogenated alkanes) is 21. The van der Waals surface area contributed by atoms with Gasteiger partial charge in [-0.05, 0) is 36.0 Å². The van der Waals surface area contributed by atoms with Gasteiger partial charge in [-0.3, -0.25) is 0 Å². The average Bonchev–Trinajstić information content (AvgIpc) is 1.38. The molecule has 3 aromatic carbocycles. The second-order valence-electron chi connectivity index (χ2n) is 27.3. The highest BCUT2D eigenvalue weighted by atomic mass is 31.2. The predicted octanol–water partition coefficient (Wildman–Crippen LogP) is 15.2. The van der Waals surface area contributed by atoms with Gasteiger partial charge in [-0.25, -0.2) is 13.8 Å². The van der Waals surface area contributed by atoms with Gasteiger partial charge in [0.15, 0.2) is 0 Å². The third kappa shape index (κ3) is 31.0. The molecule has 0 amide bonds. The van der Waals surface area contributed by atoms with E-state index in [0.29, 0.717) is 13.8 Å². The molecule has 3 aromatic rings. The molecule has 0 spiro atoms. The Morgan fingerprint density at radius 2 is 0.517 bits per heavy atom. The van der Waals surface area contributed by atoms with E-state index in [0.717, 1.165) is 98.2 Å². The van der Waals surface area contributed by atoms with E-state index in [2.05, 4.69) is 133 Å². The fraction of sp³-hybridized carbons (Fsp3) is 0.760. The van der Waals surface area contributed by atoms with Crippen molar-refractivity contribution < 1.29 is 47.2 Å². The Morgan fingerprint density at radius 3 is 0.708 bits per heavy atom. The molecule has 512 valence electrons. The highest BCUT2D eigenvalue weighted by Crippen LogP contribution is 2.40. The molecule has 3 fully saturated rings. The Morgan fingerprint density at radius 1 is 0.326 bits per heavy atom. The quantitative estimate of drug-likeness (QED) is 0.0213. The normalized spacial score (nSPS) is 18.3. The van der Waals surface area contributed by atoms with Crippen LogP contribution in [0.1, 0.15) is 270 Å². The van der Waals surface area contributed by atoms with Crippen molar-refractivity contribution in [2.45, 2.75) is 289 Å². The van der Waals surface area contributed by atoms with Crippen molar-refractivity contribution in [3.63, 3.8) is 0 Å². The van der Waals surface area contributed by atoms with Gasteiger partial charge < -0.3 is 33.5 Å². The van der Waals surface area contributed by atoms with E-state index < -0.39 is 7.82 Å². The predicted molar refractivity (Wildman–Crippen MR) is 368 cm³/mol. The summed E-state index contributed by atoms with van der Waals surface area (Å²) >= 11 is 0. The number of morpholine rings is 3. The van der Waals surface area contributed by atoms with Gasteiger partial charge >= 0.3 is 0 Å². The Balaban J connectivity index is 0.000000335. The van der Waals surface area contributed by atoms with Crippen LogP contribution < -0.4 is 32.2 Å². The molecule has 0 aromatic heterocycles.